The van der Waals surface area contributed by atoms with Crippen LogP contribution in [0.5, 0.6) is 11.5 Å². The number of carbonyl (C=O) groups excluding carboxylic acids is 2. The minimum absolute atomic E-state index is 0.0752. The van der Waals surface area contributed by atoms with Crippen LogP contribution >= 0.6 is 78.9 Å². The first-order chi connectivity index (χ1) is 52.7. The summed E-state index contributed by atoms with van der Waals surface area (Å²) in [4.78, 5) is 47.0. The molecule has 10 aromatic rings. The standard InChI is InChI=1S/C22H26BrFN5O6P.C21H24BrFN5O6P.C11H13BrFN5O3.C10H11BrFN5O3/c1-12(13(2)30)11-36(32,35-14-6-4-3-5-7-14)33-10-17-18(31)22(23,24)19(34-17)15-8-9-16-20(25)27-21(26)28-29(15)16;1-12(13(2)29)10-35(31,34-14-6-4-3-5-7-14)32-9-16-17(30)21(22,23)18(33-16)15-8-25-20-19(24)26-11-27-28(15)20;12-11(13)7(20)6(3-19)21-8(11)4-1-2-5-9(14)16-10(15)17-18(4)5;11-10(12)6(19)5(2-18)20-7(10)4-1-14-9-8(13)15-3-16-17(4)9/h3-9,12,17-19,31H,10-11H2,1-2H3,(H4,25,26,27,28);3-8,11-12,16-18,30H,9-10H2,1-2H3,(H2,24,26,27);1-2,6-8,19-20H,3H2,(H4,14,15,16,17);1,3,5-7,18-19H,2H2,(H2,13,15,16)/t12-,17-,18+,19+,22?,36?;12-,16-,17+,18+,21?,35?;6-,7+,8+,11?;5-,6+,7+,10?/m1111/s1. The second-order valence-corrected chi connectivity index (χ2v) is 34.9. The fraction of sp³-hybridized carbons (Fsp3) is 0.438. The molecule has 0 radical (unpaired) electrons. The number of aliphatic hydroxyl groups excluding tert-OH is 6. The van der Waals surface area contributed by atoms with E-state index in [-0.39, 0.29) is 98.9 Å². The van der Waals surface area contributed by atoms with Gasteiger partial charge in [-0.3, -0.25) is 18.6 Å². The molecule has 0 bridgehead atoms. The molecule has 8 aromatic heterocycles. The molecule has 0 amide bonds. The van der Waals surface area contributed by atoms with Gasteiger partial charge in [0.15, 0.2) is 34.6 Å². The van der Waals surface area contributed by atoms with Gasteiger partial charge in [-0.05, 0) is 126 Å². The summed E-state index contributed by atoms with van der Waals surface area (Å²) in [6.45, 7) is 3.97. The summed E-state index contributed by atoms with van der Waals surface area (Å²) < 4.78 is 128. The third-order valence-electron chi connectivity index (χ3n) is 18.2. The number of benzene rings is 2. The van der Waals surface area contributed by atoms with Gasteiger partial charge in [0.25, 0.3) is 0 Å². The number of carbonyl (C=O) groups is 2. The van der Waals surface area contributed by atoms with Crippen molar-refractivity contribution in [2.75, 3.05) is 73.2 Å². The minimum Gasteiger partial charge on any atom is -0.424 e. The molecule has 38 nitrogen and oxygen atoms in total. The summed E-state index contributed by atoms with van der Waals surface area (Å²) >= 11 is 11.5. The zero-order valence-electron chi connectivity index (χ0n) is 58.9. The van der Waals surface area contributed by atoms with Crippen molar-refractivity contribution in [3.05, 3.63) is 133 Å². The number of para-hydroxylation sites is 2. The van der Waals surface area contributed by atoms with Crippen molar-refractivity contribution < 1.29 is 104 Å². The van der Waals surface area contributed by atoms with Crippen LogP contribution in [0.25, 0.3) is 22.3 Å². The van der Waals surface area contributed by atoms with Gasteiger partial charge in [0.2, 0.25) is 30.2 Å². The van der Waals surface area contributed by atoms with Crippen LogP contribution in [0.3, 0.4) is 0 Å². The number of Topliss-reactive ketones (excluding diaryl/α,β-unsaturated/α-hetero) is 2. The van der Waals surface area contributed by atoms with E-state index in [0.29, 0.717) is 16.7 Å². The van der Waals surface area contributed by atoms with Crippen molar-refractivity contribution in [3.63, 3.8) is 0 Å². The van der Waals surface area contributed by atoms with Crippen LogP contribution in [-0.2, 0) is 46.7 Å². The molecule has 4 aliphatic rings. The summed E-state index contributed by atoms with van der Waals surface area (Å²) in [5.41, 5.74) is 36.5. The Labute approximate surface area is 664 Å². The molecule has 0 aliphatic carbocycles. The number of ketones is 2. The molecule has 0 saturated carbocycles. The molecule has 14 rings (SSSR count). The van der Waals surface area contributed by atoms with Gasteiger partial charge in [0, 0.05) is 11.8 Å². The predicted octanol–water partition coefficient (Wildman–Crippen LogP) is 5.66. The highest BCUT2D eigenvalue weighted by Crippen LogP contribution is 2.57. The zero-order chi connectivity index (χ0) is 81.5. The van der Waals surface area contributed by atoms with Crippen LogP contribution in [0.15, 0.2) is 110 Å². The average molecular weight is 1870 g/mol. The molecular formula is C64H74Br4F4N20O18P2. The van der Waals surface area contributed by atoms with Crippen molar-refractivity contribution in [3.8, 4) is 11.5 Å². The summed E-state index contributed by atoms with van der Waals surface area (Å²) in [7, 11) is -7.81. The lowest BCUT2D eigenvalue weighted by atomic mass is 10.1. The van der Waals surface area contributed by atoms with E-state index >= 15 is 8.78 Å². The Bertz CT molecular complexity index is 5130. The number of nitrogens with two attached hydrogens (primary N) is 6. The van der Waals surface area contributed by atoms with Gasteiger partial charge in [-0.1, -0.05) is 50.2 Å². The van der Waals surface area contributed by atoms with Crippen molar-refractivity contribution in [1.82, 2.24) is 68.4 Å². The molecule has 0 spiro atoms. The maximum atomic E-state index is 15.7. The number of nitrogen functional groups attached to an aromatic ring is 6. The Hall–Kier alpha value is -7.86. The molecule has 6 unspecified atom stereocenters. The van der Waals surface area contributed by atoms with Crippen molar-refractivity contribution in [1.29, 1.82) is 0 Å². The molecule has 2 aromatic carbocycles. The van der Waals surface area contributed by atoms with Crippen LogP contribution < -0.4 is 43.4 Å². The number of rotatable bonds is 22. The normalized spacial score (nSPS) is 29.2. The quantitative estimate of drug-likeness (QED) is 0.0221. The monoisotopic (exact) mass is 1860 g/mol. The van der Waals surface area contributed by atoms with Crippen LogP contribution in [0, 0.1) is 11.8 Å². The average Bonchev–Trinajstić information content (AvgIpc) is 1.61. The Balaban J connectivity index is 0.000000152. The first-order valence-electron chi connectivity index (χ1n) is 33.5. The number of fused-ring (bicyclic) bond motifs is 4. The Morgan fingerprint density at radius 3 is 1.13 bits per heavy atom. The summed E-state index contributed by atoms with van der Waals surface area (Å²) in [5, 5.41) is 75.3. The van der Waals surface area contributed by atoms with E-state index in [1.165, 1.54) is 63.0 Å². The summed E-state index contributed by atoms with van der Waals surface area (Å²) in [6.07, 6.45) is -11.6. The number of aliphatic hydroxyl groups is 6. The van der Waals surface area contributed by atoms with Crippen LogP contribution in [-0.4, -0.2) is 216 Å². The molecule has 4 saturated heterocycles. The fourth-order valence-corrected chi connectivity index (χ4v) is 18.5. The fourth-order valence-electron chi connectivity index (χ4n) is 12.0. The SMILES string of the molecule is CC(=O)[C@H](C)CP(=O)(OC[C@H]1O[C@@H](c2ccc3c(N)nc(N)nn23)C(F)(Br)[C@H]1O)Oc1ccccc1.CC(=O)[C@H](C)CP(=O)(OC[C@H]1O[C@@H](c2cnc3c(N)ncnn23)C(F)(Br)[C@H]1O)Oc1ccccc1.Nc1nc(N)c2ccc([C@@H]3O[C@H](CO)[C@H](O)C3(F)Br)n2n1.Nc1ncnn2c([C@@H]3O[C@H](CO)[C@H](O)C3(F)Br)cnc12. The van der Waals surface area contributed by atoms with Gasteiger partial charge in [0.05, 0.1) is 73.9 Å². The second-order valence-electron chi connectivity index (χ2n) is 26.0. The molecule has 604 valence electrons. The van der Waals surface area contributed by atoms with Crippen LogP contribution in [0.1, 0.15) is 74.9 Å². The molecule has 18 N–H and O–H groups in total. The lowest BCUT2D eigenvalue weighted by Gasteiger charge is -2.24. The largest absolute Gasteiger partial charge is 0.424 e. The maximum absolute atomic E-state index is 15.7. The van der Waals surface area contributed by atoms with E-state index in [0.717, 1.165) is 0 Å². The van der Waals surface area contributed by atoms with Crippen LogP contribution in [0.4, 0.5) is 52.7 Å². The van der Waals surface area contributed by atoms with Crippen LogP contribution in [0.2, 0.25) is 0 Å². The van der Waals surface area contributed by atoms with E-state index in [1.54, 1.807) is 92.7 Å². The molecule has 20 atom stereocenters. The summed E-state index contributed by atoms with van der Waals surface area (Å²) in [5.74, 6) is -0.830. The van der Waals surface area contributed by atoms with Crippen molar-refractivity contribution in [2.45, 2.75) is 119 Å². The molecular weight excluding hydrogens is 1790 g/mol. The zero-order valence-corrected chi connectivity index (χ0v) is 67.1. The smallest absolute Gasteiger partial charge is 0.379 e. The topological polar surface area (TPSA) is 566 Å². The first-order valence-corrected chi connectivity index (χ1v) is 40.1. The number of hydrogen-bond acceptors (Lipinski definition) is 34. The molecule has 112 heavy (non-hydrogen) atoms. The number of alkyl halides is 8. The Morgan fingerprint density at radius 1 is 0.491 bits per heavy atom. The highest BCUT2D eigenvalue weighted by molar-refractivity contribution is 9.10. The van der Waals surface area contributed by atoms with Gasteiger partial charge < -0.3 is 93.0 Å². The Kier molecular flexibility index (Phi) is 25.7. The van der Waals surface area contributed by atoms with Gasteiger partial charge in [-0.2, -0.15) is 20.2 Å². The molecule has 4 fully saturated rings. The Morgan fingerprint density at radius 2 is 0.812 bits per heavy atom. The van der Waals surface area contributed by atoms with Gasteiger partial charge in [0.1, 0.15) is 120 Å². The number of ether oxygens (including phenoxy) is 4. The van der Waals surface area contributed by atoms with E-state index in [2.05, 4.69) is 114 Å². The maximum Gasteiger partial charge on any atom is 0.379 e. The number of halogens is 8. The number of imidazole rings is 2. The van der Waals surface area contributed by atoms with Crippen molar-refractivity contribution in [2.24, 2.45) is 11.8 Å². The predicted molar refractivity (Wildman–Crippen MR) is 404 cm³/mol. The van der Waals surface area contributed by atoms with E-state index < -0.39 is 145 Å². The lowest BCUT2D eigenvalue weighted by molar-refractivity contribution is -0.120. The number of hydrogen-bond donors (Lipinski definition) is 12. The van der Waals surface area contributed by atoms with Gasteiger partial charge in [-0.25, -0.2) is 64.7 Å². The van der Waals surface area contributed by atoms with Gasteiger partial charge in [-0.15, -0.1) is 10.2 Å². The molecule has 48 heteroatoms. The summed E-state index contributed by atoms with van der Waals surface area (Å²) in [6, 6.07) is 22.9. The van der Waals surface area contributed by atoms with E-state index in [4.69, 9.17) is 81.7 Å². The highest BCUT2D eigenvalue weighted by Gasteiger charge is 2.61. The third-order valence-corrected chi connectivity index (χ3v) is 25.8. The van der Waals surface area contributed by atoms with E-state index in [9.17, 15) is 47.9 Å². The first kappa shape index (κ1) is 85.0. The number of anilines is 6. The van der Waals surface area contributed by atoms with Gasteiger partial charge >= 0.3 is 15.2 Å². The minimum atomic E-state index is -3.91. The lowest BCUT2D eigenvalue weighted by Crippen LogP contribution is -2.37. The highest BCUT2D eigenvalue weighted by atomic mass is 79.9. The van der Waals surface area contributed by atoms with E-state index in [1.807, 2.05) is 0 Å². The second kappa shape index (κ2) is 33.9. The number of aromatic nitrogens is 14. The van der Waals surface area contributed by atoms with Crippen molar-refractivity contribution >= 4 is 148 Å². The molecule has 12 heterocycles. The number of nitrogens with zero attached hydrogens (tertiary/aromatic N) is 14. The third kappa shape index (κ3) is 17.5. The molecule has 4 aliphatic heterocycles.